The Morgan fingerprint density at radius 3 is 2.56 bits per heavy atom. The van der Waals surface area contributed by atoms with E-state index in [1.165, 1.54) is 12.8 Å². The standard InChI is InChI=1S/C12H15NO2S/c14-16(15)9-11(13-7-3-4-8-13)10-5-1-2-6-12(10)16/h1-2,5-6,11H,3-4,7-9H2/t11-/m0/s1. The molecule has 0 aromatic heterocycles. The smallest absolute Gasteiger partial charge is 0.180 e. The molecule has 1 aromatic carbocycles. The minimum atomic E-state index is -3.03. The zero-order valence-corrected chi connectivity index (χ0v) is 9.91. The molecule has 2 aliphatic rings. The minimum absolute atomic E-state index is 0.101. The third-order valence-corrected chi connectivity index (χ3v) is 5.37. The first-order chi connectivity index (χ1) is 7.68. The monoisotopic (exact) mass is 237 g/mol. The summed E-state index contributed by atoms with van der Waals surface area (Å²) < 4.78 is 24.0. The van der Waals surface area contributed by atoms with E-state index in [2.05, 4.69) is 4.90 Å². The summed E-state index contributed by atoms with van der Waals surface area (Å²) in [7, 11) is -3.03. The van der Waals surface area contributed by atoms with Crippen LogP contribution < -0.4 is 0 Å². The lowest BCUT2D eigenvalue weighted by Crippen LogP contribution is -2.26. The van der Waals surface area contributed by atoms with Gasteiger partial charge >= 0.3 is 0 Å². The van der Waals surface area contributed by atoms with E-state index in [0.717, 1.165) is 18.7 Å². The summed E-state index contributed by atoms with van der Waals surface area (Å²) in [5, 5.41) is 0. The van der Waals surface area contributed by atoms with Crippen LogP contribution in [-0.4, -0.2) is 32.2 Å². The normalized spacial score (nSPS) is 28.1. The second-order valence-corrected chi connectivity index (χ2v) is 6.58. The van der Waals surface area contributed by atoms with Gasteiger partial charge in [-0.1, -0.05) is 18.2 Å². The van der Waals surface area contributed by atoms with Crippen molar-refractivity contribution in [3.63, 3.8) is 0 Å². The molecule has 1 saturated heterocycles. The van der Waals surface area contributed by atoms with Gasteiger partial charge in [0.1, 0.15) is 0 Å². The molecule has 3 nitrogen and oxygen atoms in total. The first-order valence-electron chi connectivity index (χ1n) is 5.74. The second kappa shape index (κ2) is 3.57. The summed E-state index contributed by atoms with van der Waals surface area (Å²) in [4.78, 5) is 2.86. The fourth-order valence-electron chi connectivity index (χ4n) is 2.78. The average molecular weight is 237 g/mol. The van der Waals surface area contributed by atoms with E-state index in [1.807, 2.05) is 18.2 Å². The maximum Gasteiger partial charge on any atom is 0.180 e. The molecule has 0 amide bonds. The number of benzene rings is 1. The summed E-state index contributed by atoms with van der Waals surface area (Å²) in [6, 6.07) is 7.54. The summed E-state index contributed by atoms with van der Waals surface area (Å²) in [5.74, 6) is 0.270. The van der Waals surface area contributed by atoms with Gasteiger partial charge in [-0.3, -0.25) is 4.90 Å². The van der Waals surface area contributed by atoms with Gasteiger partial charge in [0.15, 0.2) is 9.84 Å². The van der Waals surface area contributed by atoms with Crippen LogP contribution in [0.4, 0.5) is 0 Å². The SMILES string of the molecule is O=S1(=O)C[C@H](N2CCCC2)c2ccccc21. The van der Waals surface area contributed by atoms with Crippen molar-refractivity contribution in [2.24, 2.45) is 0 Å². The number of hydrogen-bond donors (Lipinski definition) is 0. The van der Waals surface area contributed by atoms with Crippen molar-refractivity contribution in [3.8, 4) is 0 Å². The molecule has 0 unspecified atom stereocenters. The topological polar surface area (TPSA) is 37.4 Å². The predicted octanol–water partition coefficient (Wildman–Crippen LogP) is 1.61. The molecule has 0 bridgehead atoms. The highest BCUT2D eigenvalue weighted by molar-refractivity contribution is 7.91. The Kier molecular flexibility index (Phi) is 2.30. The van der Waals surface area contributed by atoms with Gasteiger partial charge in [0.05, 0.1) is 16.7 Å². The number of likely N-dealkylation sites (tertiary alicyclic amines) is 1. The molecule has 4 heteroatoms. The Labute approximate surface area is 96.0 Å². The molecule has 1 atom stereocenters. The number of rotatable bonds is 1. The Morgan fingerprint density at radius 1 is 1.12 bits per heavy atom. The first-order valence-corrected chi connectivity index (χ1v) is 7.39. The van der Waals surface area contributed by atoms with Gasteiger partial charge in [-0.15, -0.1) is 0 Å². The van der Waals surface area contributed by atoms with Crippen molar-refractivity contribution in [3.05, 3.63) is 29.8 Å². The molecule has 86 valence electrons. The highest BCUT2D eigenvalue weighted by atomic mass is 32.2. The van der Waals surface area contributed by atoms with E-state index < -0.39 is 9.84 Å². The fourth-order valence-corrected chi connectivity index (χ4v) is 4.62. The lowest BCUT2D eigenvalue weighted by molar-refractivity contribution is 0.267. The molecule has 0 N–H and O–H groups in total. The zero-order chi connectivity index (χ0) is 11.2. The Morgan fingerprint density at radius 2 is 1.81 bits per heavy atom. The quantitative estimate of drug-likeness (QED) is 0.744. The second-order valence-electron chi connectivity index (χ2n) is 4.58. The average Bonchev–Trinajstić information content (AvgIpc) is 2.86. The molecule has 0 aliphatic carbocycles. The van der Waals surface area contributed by atoms with Crippen LogP contribution in [-0.2, 0) is 9.84 Å². The van der Waals surface area contributed by atoms with Gasteiger partial charge in [-0.25, -0.2) is 8.42 Å². The molecule has 3 rings (SSSR count). The van der Waals surface area contributed by atoms with E-state index in [1.54, 1.807) is 6.07 Å². The van der Waals surface area contributed by atoms with Crippen LogP contribution in [0, 0.1) is 0 Å². The molecule has 1 aromatic rings. The molecular formula is C12H15NO2S. The van der Waals surface area contributed by atoms with Crippen molar-refractivity contribution < 1.29 is 8.42 Å². The Hall–Kier alpha value is -0.870. The van der Waals surface area contributed by atoms with Gasteiger partial charge in [0, 0.05) is 0 Å². The van der Waals surface area contributed by atoms with Crippen LogP contribution in [0.15, 0.2) is 29.2 Å². The van der Waals surface area contributed by atoms with Crippen LogP contribution in [0.1, 0.15) is 24.4 Å². The first kappa shape index (κ1) is 10.3. The fraction of sp³-hybridized carbons (Fsp3) is 0.500. The minimum Gasteiger partial charge on any atom is -0.295 e. The van der Waals surface area contributed by atoms with Crippen LogP contribution in [0.25, 0.3) is 0 Å². The van der Waals surface area contributed by atoms with E-state index in [4.69, 9.17) is 0 Å². The summed E-state index contributed by atoms with van der Waals surface area (Å²) >= 11 is 0. The van der Waals surface area contributed by atoms with E-state index in [9.17, 15) is 8.42 Å². The van der Waals surface area contributed by atoms with Gasteiger partial charge in [0.2, 0.25) is 0 Å². The van der Waals surface area contributed by atoms with Gasteiger partial charge in [-0.05, 0) is 37.6 Å². The number of hydrogen-bond acceptors (Lipinski definition) is 3. The van der Waals surface area contributed by atoms with E-state index >= 15 is 0 Å². The van der Waals surface area contributed by atoms with Gasteiger partial charge in [0.25, 0.3) is 0 Å². The Bertz CT molecular complexity index is 504. The van der Waals surface area contributed by atoms with Crippen LogP contribution in [0.2, 0.25) is 0 Å². The number of fused-ring (bicyclic) bond motifs is 1. The summed E-state index contributed by atoms with van der Waals surface area (Å²) in [6.45, 7) is 2.07. The molecule has 0 saturated carbocycles. The van der Waals surface area contributed by atoms with Crippen molar-refractivity contribution in [1.29, 1.82) is 0 Å². The summed E-state index contributed by atoms with van der Waals surface area (Å²) in [6.07, 6.45) is 2.39. The predicted molar refractivity (Wildman–Crippen MR) is 62.0 cm³/mol. The molecule has 2 heterocycles. The highest BCUT2D eigenvalue weighted by Crippen LogP contribution is 2.38. The lowest BCUT2D eigenvalue weighted by Gasteiger charge is -2.22. The van der Waals surface area contributed by atoms with Crippen LogP contribution in [0.3, 0.4) is 0 Å². The van der Waals surface area contributed by atoms with Gasteiger partial charge in [-0.2, -0.15) is 0 Å². The van der Waals surface area contributed by atoms with Crippen LogP contribution in [0.5, 0.6) is 0 Å². The van der Waals surface area contributed by atoms with Crippen molar-refractivity contribution >= 4 is 9.84 Å². The van der Waals surface area contributed by atoms with E-state index in [0.29, 0.717) is 4.90 Å². The maximum absolute atomic E-state index is 12.0. The summed E-state index contributed by atoms with van der Waals surface area (Å²) in [5.41, 5.74) is 1.00. The maximum atomic E-state index is 12.0. The number of nitrogens with zero attached hydrogens (tertiary/aromatic N) is 1. The number of sulfone groups is 1. The molecule has 0 radical (unpaired) electrons. The van der Waals surface area contributed by atoms with Gasteiger partial charge < -0.3 is 0 Å². The third-order valence-electron chi connectivity index (χ3n) is 3.57. The third kappa shape index (κ3) is 1.48. The molecule has 16 heavy (non-hydrogen) atoms. The lowest BCUT2D eigenvalue weighted by atomic mass is 10.1. The molecule has 1 fully saturated rings. The Balaban J connectivity index is 2.05. The van der Waals surface area contributed by atoms with Crippen LogP contribution >= 0.6 is 0 Å². The molecule has 0 spiro atoms. The largest absolute Gasteiger partial charge is 0.295 e. The van der Waals surface area contributed by atoms with Crippen molar-refractivity contribution in [2.45, 2.75) is 23.8 Å². The highest BCUT2D eigenvalue weighted by Gasteiger charge is 2.38. The molecule has 2 aliphatic heterocycles. The van der Waals surface area contributed by atoms with Crippen molar-refractivity contribution in [2.75, 3.05) is 18.8 Å². The zero-order valence-electron chi connectivity index (χ0n) is 9.09. The molecular weight excluding hydrogens is 222 g/mol. The van der Waals surface area contributed by atoms with Crippen molar-refractivity contribution in [1.82, 2.24) is 4.90 Å². The van der Waals surface area contributed by atoms with E-state index in [-0.39, 0.29) is 11.8 Å².